The van der Waals surface area contributed by atoms with Crippen molar-refractivity contribution >= 4 is 70.8 Å². The van der Waals surface area contributed by atoms with Crippen LogP contribution in [0.3, 0.4) is 0 Å². The number of amides is 1. The molecule has 104 valence electrons. The van der Waals surface area contributed by atoms with Crippen molar-refractivity contribution in [2.24, 2.45) is 0 Å². The van der Waals surface area contributed by atoms with Gasteiger partial charge in [-0.25, -0.2) is 0 Å². The molecule has 0 spiro atoms. The molecule has 5 N–H and O–H groups in total. The second-order valence-corrected chi connectivity index (χ2v) is 6.67. The van der Waals surface area contributed by atoms with E-state index in [1.807, 2.05) is 12.1 Å². The molecule has 0 radical (unpaired) electrons. The van der Waals surface area contributed by atoms with Crippen LogP contribution in [0.1, 0.15) is 10.4 Å². The first-order valence-electron chi connectivity index (χ1n) is 5.49. The Hall–Kier alpha value is -1.05. The molecular weight excluding hydrogens is 454 g/mol. The Morgan fingerprint density at radius 2 is 1.60 bits per heavy atom. The molecule has 0 aromatic heterocycles. The van der Waals surface area contributed by atoms with Crippen molar-refractivity contribution in [3.8, 4) is 0 Å². The van der Waals surface area contributed by atoms with E-state index in [0.717, 1.165) is 13.4 Å². The fraction of sp³-hybridized carbons (Fsp3) is 0. The van der Waals surface area contributed by atoms with Crippen molar-refractivity contribution in [3.63, 3.8) is 0 Å². The number of hydrogen-bond acceptors (Lipinski definition) is 3. The molecule has 7 heteroatoms. The minimum Gasteiger partial charge on any atom is -0.399 e. The van der Waals surface area contributed by atoms with Gasteiger partial charge >= 0.3 is 0 Å². The van der Waals surface area contributed by atoms with Gasteiger partial charge in [-0.1, -0.05) is 15.9 Å². The first-order valence-corrected chi connectivity index (χ1v) is 7.87. The van der Waals surface area contributed by atoms with Crippen LogP contribution in [-0.2, 0) is 0 Å². The lowest BCUT2D eigenvalue weighted by Gasteiger charge is -2.12. The van der Waals surface area contributed by atoms with E-state index in [1.165, 1.54) is 0 Å². The molecular formula is C13H10Br3N3O. The van der Waals surface area contributed by atoms with Gasteiger partial charge in [0, 0.05) is 24.8 Å². The lowest BCUT2D eigenvalue weighted by atomic mass is 10.1. The molecule has 0 saturated heterocycles. The predicted octanol–water partition coefficient (Wildman–Crippen LogP) is 4.39. The number of carbonyl (C=O) groups excluding carboxylic acids is 1. The van der Waals surface area contributed by atoms with Crippen LogP contribution in [0.4, 0.5) is 17.1 Å². The summed E-state index contributed by atoms with van der Waals surface area (Å²) < 4.78 is 2.39. The van der Waals surface area contributed by atoms with Crippen molar-refractivity contribution in [1.82, 2.24) is 0 Å². The summed E-state index contributed by atoms with van der Waals surface area (Å²) in [5.74, 6) is -0.300. The third-order valence-corrected chi connectivity index (χ3v) is 4.27. The number of halogens is 3. The Morgan fingerprint density at radius 3 is 2.15 bits per heavy atom. The number of rotatable bonds is 2. The highest BCUT2D eigenvalue weighted by Gasteiger charge is 2.14. The predicted molar refractivity (Wildman–Crippen MR) is 92.8 cm³/mol. The molecule has 20 heavy (non-hydrogen) atoms. The molecule has 0 heterocycles. The highest BCUT2D eigenvalue weighted by atomic mass is 79.9. The fourth-order valence-corrected chi connectivity index (χ4v) is 4.09. The van der Waals surface area contributed by atoms with Gasteiger partial charge in [0.15, 0.2) is 0 Å². The van der Waals surface area contributed by atoms with Crippen LogP contribution in [0.25, 0.3) is 0 Å². The van der Waals surface area contributed by atoms with Gasteiger partial charge in [0.2, 0.25) is 0 Å². The van der Waals surface area contributed by atoms with Crippen LogP contribution in [0.15, 0.2) is 43.7 Å². The number of carbonyl (C=O) groups is 1. The van der Waals surface area contributed by atoms with Crippen LogP contribution >= 0.6 is 47.8 Å². The minimum absolute atomic E-state index is 0.300. The molecule has 0 aliphatic rings. The van der Waals surface area contributed by atoms with E-state index in [1.54, 1.807) is 18.2 Å². The Bertz CT molecular complexity index is 666. The normalized spacial score (nSPS) is 10.3. The van der Waals surface area contributed by atoms with Gasteiger partial charge in [0.1, 0.15) is 0 Å². The van der Waals surface area contributed by atoms with E-state index in [2.05, 4.69) is 53.1 Å². The second kappa shape index (κ2) is 6.15. The van der Waals surface area contributed by atoms with Gasteiger partial charge in [-0.15, -0.1) is 0 Å². The number of nitrogens with two attached hydrogens (primary N) is 2. The maximum atomic E-state index is 12.3. The SMILES string of the molecule is Nc1ccc(C(=O)Nc2c(Br)cc(Br)cc2Br)c(N)c1. The zero-order valence-corrected chi connectivity index (χ0v) is 14.8. The molecule has 0 atom stereocenters. The molecule has 0 unspecified atom stereocenters. The van der Waals surface area contributed by atoms with Crippen molar-refractivity contribution in [3.05, 3.63) is 49.3 Å². The Morgan fingerprint density at radius 1 is 1.00 bits per heavy atom. The third kappa shape index (κ3) is 3.34. The van der Waals surface area contributed by atoms with Gasteiger partial charge in [-0.05, 0) is 62.2 Å². The molecule has 0 aliphatic carbocycles. The van der Waals surface area contributed by atoms with Gasteiger partial charge < -0.3 is 16.8 Å². The lowest BCUT2D eigenvalue weighted by molar-refractivity contribution is 0.102. The summed E-state index contributed by atoms with van der Waals surface area (Å²) in [6.07, 6.45) is 0. The minimum atomic E-state index is -0.300. The number of hydrogen-bond donors (Lipinski definition) is 3. The summed E-state index contributed by atoms with van der Waals surface area (Å²) in [6.45, 7) is 0. The van der Waals surface area contributed by atoms with E-state index in [0.29, 0.717) is 22.6 Å². The molecule has 2 aromatic carbocycles. The summed E-state index contributed by atoms with van der Waals surface area (Å²) in [5.41, 5.74) is 13.3. The smallest absolute Gasteiger partial charge is 0.257 e. The van der Waals surface area contributed by atoms with E-state index in [4.69, 9.17) is 11.5 Å². The number of nitrogen functional groups attached to an aromatic ring is 2. The first kappa shape index (κ1) is 15.3. The summed E-state index contributed by atoms with van der Waals surface area (Å²) >= 11 is 10.2. The maximum Gasteiger partial charge on any atom is 0.257 e. The molecule has 2 aromatic rings. The quantitative estimate of drug-likeness (QED) is 0.578. The van der Waals surface area contributed by atoms with Gasteiger partial charge in [-0.3, -0.25) is 4.79 Å². The van der Waals surface area contributed by atoms with Crippen LogP contribution < -0.4 is 16.8 Å². The summed E-state index contributed by atoms with van der Waals surface area (Å²) in [7, 11) is 0. The second-order valence-electron chi connectivity index (χ2n) is 4.05. The summed E-state index contributed by atoms with van der Waals surface area (Å²) in [5, 5.41) is 2.81. The van der Waals surface area contributed by atoms with Crippen LogP contribution in [-0.4, -0.2) is 5.91 Å². The lowest BCUT2D eigenvalue weighted by Crippen LogP contribution is -2.15. The molecule has 4 nitrogen and oxygen atoms in total. The highest BCUT2D eigenvalue weighted by Crippen LogP contribution is 2.34. The van der Waals surface area contributed by atoms with E-state index in [-0.39, 0.29) is 5.91 Å². The summed E-state index contributed by atoms with van der Waals surface area (Å²) in [4.78, 5) is 12.3. The van der Waals surface area contributed by atoms with Crippen molar-refractivity contribution in [2.75, 3.05) is 16.8 Å². The molecule has 0 fully saturated rings. The number of benzene rings is 2. The highest BCUT2D eigenvalue weighted by molar-refractivity contribution is 9.11. The average molecular weight is 464 g/mol. The zero-order chi connectivity index (χ0) is 14.9. The monoisotopic (exact) mass is 461 g/mol. The molecule has 0 bridgehead atoms. The number of anilines is 3. The average Bonchev–Trinajstić information content (AvgIpc) is 2.33. The van der Waals surface area contributed by atoms with Gasteiger partial charge in [0.05, 0.1) is 11.3 Å². The molecule has 0 saturated carbocycles. The maximum absolute atomic E-state index is 12.3. The van der Waals surface area contributed by atoms with E-state index >= 15 is 0 Å². The first-order chi connectivity index (χ1) is 9.38. The van der Waals surface area contributed by atoms with E-state index < -0.39 is 0 Å². The van der Waals surface area contributed by atoms with Gasteiger partial charge in [0.25, 0.3) is 5.91 Å². The zero-order valence-electron chi connectivity index (χ0n) is 10.1. The Balaban J connectivity index is 2.33. The van der Waals surface area contributed by atoms with Gasteiger partial charge in [-0.2, -0.15) is 0 Å². The number of nitrogens with one attached hydrogen (secondary N) is 1. The molecule has 1 amide bonds. The standard InChI is InChI=1S/C13H10Br3N3O/c14-6-3-9(15)12(10(16)4-6)19-13(20)8-2-1-7(17)5-11(8)18/h1-5H,17-18H2,(H,19,20). The Labute approximate surface area is 141 Å². The van der Waals surface area contributed by atoms with Crippen LogP contribution in [0, 0.1) is 0 Å². The van der Waals surface area contributed by atoms with Crippen LogP contribution in [0.2, 0.25) is 0 Å². The van der Waals surface area contributed by atoms with Crippen molar-refractivity contribution in [1.29, 1.82) is 0 Å². The van der Waals surface area contributed by atoms with E-state index in [9.17, 15) is 4.79 Å². The summed E-state index contributed by atoms with van der Waals surface area (Å²) in [6, 6.07) is 8.47. The van der Waals surface area contributed by atoms with Crippen LogP contribution in [0.5, 0.6) is 0 Å². The Kier molecular flexibility index (Phi) is 4.72. The topological polar surface area (TPSA) is 81.1 Å². The fourth-order valence-electron chi connectivity index (χ4n) is 1.63. The van der Waals surface area contributed by atoms with Crippen molar-refractivity contribution in [2.45, 2.75) is 0 Å². The largest absolute Gasteiger partial charge is 0.399 e. The molecule has 2 rings (SSSR count). The third-order valence-electron chi connectivity index (χ3n) is 2.57. The van der Waals surface area contributed by atoms with Crippen molar-refractivity contribution < 1.29 is 4.79 Å². The molecule has 0 aliphatic heterocycles.